The van der Waals surface area contributed by atoms with Gasteiger partial charge in [-0.2, -0.15) is 0 Å². The molecule has 6 aliphatic rings. The van der Waals surface area contributed by atoms with E-state index in [1.807, 2.05) is 13.8 Å². The van der Waals surface area contributed by atoms with Crippen molar-refractivity contribution >= 4 is 11.7 Å². The van der Waals surface area contributed by atoms with Gasteiger partial charge in [-0.3, -0.25) is 9.59 Å². The number of Topliss-reactive ketones (excluding diaryl/α,β-unsaturated/α-hetero) is 1. The lowest BCUT2D eigenvalue weighted by atomic mass is 9.44. The molecule has 0 spiro atoms. The first kappa shape index (κ1) is 45.2. The zero-order valence-electron chi connectivity index (χ0n) is 34.9. The van der Waals surface area contributed by atoms with E-state index in [1.165, 1.54) is 6.92 Å². The number of hydrogen-bond acceptors (Lipinski definition) is 13. The average molecular weight is 812 g/mol. The Morgan fingerprint density at radius 1 is 0.807 bits per heavy atom. The van der Waals surface area contributed by atoms with Gasteiger partial charge in [0.15, 0.2) is 12.6 Å². The van der Waals surface area contributed by atoms with Crippen LogP contribution in [0.1, 0.15) is 119 Å². The van der Waals surface area contributed by atoms with Crippen LogP contribution in [-0.4, -0.2) is 134 Å². The molecule has 0 radical (unpaired) electrons. The highest BCUT2D eigenvalue weighted by Gasteiger charge is 2.63. The lowest BCUT2D eigenvalue weighted by Gasteiger charge is -2.61. The number of aliphatic hydroxyl groups excluding tert-OH is 7. The Bertz CT molecular complexity index is 1370. The van der Waals surface area contributed by atoms with Crippen LogP contribution in [0.15, 0.2) is 0 Å². The van der Waals surface area contributed by atoms with Gasteiger partial charge in [-0.1, -0.05) is 34.6 Å². The molecular weight excluding hydrogens is 738 g/mol. The fourth-order valence-corrected chi connectivity index (χ4v) is 12.6. The molecule has 0 aromatic heterocycles. The Morgan fingerprint density at radius 3 is 2.19 bits per heavy atom. The molecule has 2 aliphatic heterocycles. The van der Waals surface area contributed by atoms with Crippen molar-refractivity contribution in [2.75, 3.05) is 13.2 Å². The minimum Gasteiger partial charge on any atom is -0.394 e. The molecule has 0 unspecified atom stereocenters. The van der Waals surface area contributed by atoms with Gasteiger partial charge in [-0.05, 0) is 117 Å². The predicted octanol–water partition coefficient (Wildman–Crippen LogP) is 2.19. The maximum atomic E-state index is 13.6. The molecule has 6 fully saturated rings. The highest BCUT2D eigenvalue weighted by atomic mass is 16.7. The van der Waals surface area contributed by atoms with Crippen LogP contribution >= 0.6 is 0 Å². The zero-order valence-corrected chi connectivity index (χ0v) is 34.9. The Morgan fingerprint density at radius 2 is 1.49 bits per heavy atom. The minimum absolute atomic E-state index is 0.0555. The third kappa shape index (κ3) is 8.89. The van der Waals surface area contributed by atoms with Gasteiger partial charge in [-0.15, -0.1) is 0 Å². The smallest absolute Gasteiger partial charge is 0.219 e. The number of carbonyl (C=O) groups excluding carboxylic acids is 2. The van der Waals surface area contributed by atoms with Gasteiger partial charge < -0.3 is 60.0 Å². The minimum atomic E-state index is -1.63. The third-order valence-electron chi connectivity index (χ3n) is 16.0. The van der Waals surface area contributed by atoms with Crippen molar-refractivity contribution in [2.45, 2.75) is 192 Å². The second-order valence-corrected chi connectivity index (χ2v) is 19.5. The van der Waals surface area contributed by atoms with Crippen molar-refractivity contribution < 1.29 is 64.3 Å². The molecule has 8 N–H and O–H groups in total. The van der Waals surface area contributed by atoms with E-state index in [2.05, 4.69) is 26.1 Å². The number of carbonyl (C=O) groups is 2. The first-order valence-electron chi connectivity index (χ1n) is 22.1. The number of ether oxygens (including phenoxy) is 4. The van der Waals surface area contributed by atoms with Crippen LogP contribution in [0.5, 0.6) is 0 Å². The van der Waals surface area contributed by atoms with E-state index < -0.39 is 74.1 Å². The maximum Gasteiger partial charge on any atom is 0.219 e. The summed E-state index contributed by atoms with van der Waals surface area (Å²) < 4.78 is 23.7. The molecule has 4 aliphatic carbocycles. The molecule has 57 heavy (non-hydrogen) atoms. The number of amides is 1. The highest BCUT2D eigenvalue weighted by molar-refractivity contribution is 5.81. The summed E-state index contributed by atoms with van der Waals surface area (Å²) in [5, 5.41) is 77.8. The fraction of sp³-hybridized carbons (Fsp3) is 0.953. The molecule has 2 heterocycles. The van der Waals surface area contributed by atoms with E-state index >= 15 is 0 Å². The van der Waals surface area contributed by atoms with E-state index in [4.69, 9.17) is 18.9 Å². The summed E-state index contributed by atoms with van der Waals surface area (Å²) in [7, 11) is 0. The molecule has 0 aromatic rings. The van der Waals surface area contributed by atoms with E-state index in [0.29, 0.717) is 43.1 Å². The first-order chi connectivity index (χ1) is 26.9. The predicted molar refractivity (Wildman–Crippen MR) is 207 cm³/mol. The van der Waals surface area contributed by atoms with Crippen molar-refractivity contribution in [2.24, 2.45) is 52.3 Å². The molecule has 0 bridgehead atoms. The number of rotatable bonds is 14. The van der Waals surface area contributed by atoms with Crippen LogP contribution in [-0.2, 0) is 28.5 Å². The molecule has 2 saturated heterocycles. The SMILES string of the molecule is CCCC(=O)NC[C@@H](C)CCC(=O)[C@@H](C)[C@H]1[C@H](O)C[C@@H]2[C@@H]3CC[C@H]4C[C@@H](O[C@@H]5O[C@H](CO)[C@@H](O[C@H]6O[C@@H](C)[C@H](O)[C@@H](O)[C@H]6O)[C@H](O)[C@H]5O)CC[C@]4(C)[C@H]3CC[C@]12C. The van der Waals surface area contributed by atoms with Crippen LogP contribution in [0, 0.1) is 52.3 Å². The van der Waals surface area contributed by atoms with Gasteiger partial charge in [0, 0.05) is 25.3 Å². The van der Waals surface area contributed by atoms with E-state index in [-0.39, 0.29) is 46.4 Å². The monoisotopic (exact) mass is 812 g/mol. The topological polar surface area (TPSA) is 225 Å². The second-order valence-electron chi connectivity index (χ2n) is 19.5. The fourth-order valence-electron chi connectivity index (χ4n) is 12.6. The van der Waals surface area contributed by atoms with E-state index in [1.54, 1.807) is 0 Å². The normalized spacial score (nSPS) is 48.3. The summed E-state index contributed by atoms with van der Waals surface area (Å²) >= 11 is 0. The number of ketones is 1. The maximum absolute atomic E-state index is 13.6. The number of hydrogen-bond donors (Lipinski definition) is 8. The Balaban J connectivity index is 1.03. The summed E-state index contributed by atoms with van der Waals surface area (Å²) in [6, 6.07) is 0. The van der Waals surface area contributed by atoms with Gasteiger partial charge in [0.2, 0.25) is 5.91 Å². The van der Waals surface area contributed by atoms with E-state index in [0.717, 1.165) is 64.2 Å². The van der Waals surface area contributed by atoms with Crippen molar-refractivity contribution in [1.29, 1.82) is 0 Å². The van der Waals surface area contributed by atoms with Crippen molar-refractivity contribution in [1.82, 2.24) is 5.32 Å². The molecule has 0 aromatic carbocycles. The summed E-state index contributed by atoms with van der Waals surface area (Å²) in [5.41, 5.74) is -0.0367. The Labute approximate surface area is 338 Å². The standard InChI is InChI=1S/C43H73NO13/c1-7-8-32(48)44-19-21(2)9-12-29(46)22(3)33-30(47)18-28-26-11-10-24-17-25(13-15-42(24,5)27(26)14-16-43(28,33)6)55-41-38(53)36(51)39(31(20-45)56-41)57-40-37(52)35(50)34(49)23(4)54-40/h21-28,30-31,33-41,45,47,49-53H,7-20H2,1-6H3,(H,44,48)/t21-,22+,23-,24-,25-,26+,27-,28+,30+,31+,33-,34-,35+,36+,37+,38+,39+,40+,41+,42-,43-/m0/s1. The van der Waals surface area contributed by atoms with Crippen molar-refractivity contribution in [3.8, 4) is 0 Å². The largest absolute Gasteiger partial charge is 0.394 e. The molecule has 21 atom stereocenters. The molecular formula is C43H73NO13. The molecule has 6 rings (SSSR count). The van der Waals surface area contributed by atoms with Gasteiger partial charge in [0.1, 0.15) is 48.5 Å². The van der Waals surface area contributed by atoms with Gasteiger partial charge in [-0.25, -0.2) is 0 Å². The Hall–Kier alpha value is -1.30. The van der Waals surface area contributed by atoms with Crippen LogP contribution in [0.2, 0.25) is 0 Å². The quantitative estimate of drug-likeness (QED) is 0.118. The Kier molecular flexibility index (Phi) is 14.6. The second kappa shape index (κ2) is 18.4. The summed E-state index contributed by atoms with van der Waals surface area (Å²) in [6.07, 6.45) is -4.57. The molecule has 328 valence electrons. The lowest BCUT2D eigenvalue weighted by molar-refractivity contribution is -0.361. The number of fused-ring (bicyclic) bond motifs is 5. The third-order valence-corrected chi connectivity index (χ3v) is 16.0. The van der Waals surface area contributed by atoms with Gasteiger partial charge in [0.05, 0.1) is 24.9 Å². The molecule has 14 heteroatoms. The summed E-state index contributed by atoms with van der Waals surface area (Å²) in [5.74, 6) is 1.86. The lowest BCUT2D eigenvalue weighted by Crippen LogP contribution is -2.64. The number of aliphatic hydroxyl groups is 7. The van der Waals surface area contributed by atoms with Gasteiger partial charge >= 0.3 is 0 Å². The van der Waals surface area contributed by atoms with Crippen LogP contribution in [0.25, 0.3) is 0 Å². The van der Waals surface area contributed by atoms with Crippen LogP contribution < -0.4 is 5.32 Å². The van der Waals surface area contributed by atoms with Crippen molar-refractivity contribution in [3.05, 3.63) is 0 Å². The number of nitrogens with one attached hydrogen (secondary N) is 1. The van der Waals surface area contributed by atoms with Gasteiger partial charge in [0.25, 0.3) is 0 Å². The van der Waals surface area contributed by atoms with Crippen molar-refractivity contribution in [3.63, 3.8) is 0 Å². The molecule has 4 saturated carbocycles. The summed E-state index contributed by atoms with van der Waals surface area (Å²) in [4.78, 5) is 25.6. The summed E-state index contributed by atoms with van der Waals surface area (Å²) in [6.45, 7) is 12.3. The molecule has 1 amide bonds. The molecule has 14 nitrogen and oxygen atoms in total. The van der Waals surface area contributed by atoms with Crippen LogP contribution in [0.4, 0.5) is 0 Å². The van der Waals surface area contributed by atoms with Crippen LogP contribution in [0.3, 0.4) is 0 Å². The average Bonchev–Trinajstić information content (AvgIpc) is 3.46. The highest BCUT2D eigenvalue weighted by Crippen LogP contribution is 2.68. The van der Waals surface area contributed by atoms with E-state index in [9.17, 15) is 45.3 Å². The first-order valence-corrected chi connectivity index (χ1v) is 22.1. The zero-order chi connectivity index (χ0) is 41.6.